The van der Waals surface area contributed by atoms with Gasteiger partial charge in [-0.3, -0.25) is 4.79 Å². The van der Waals surface area contributed by atoms with Crippen LogP contribution in [0.2, 0.25) is 0 Å². The first kappa shape index (κ1) is 17.4. The second-order valence-electron chi connectivity index (χ2n) is 4.36. The Labute approximate surface area is 128 Å². The van der Waals surface area contributed by atoms with Crippen LogP contribution in [-0.2, 0) is 9.53 Å². The summed E-state index contributed by atoms with van der Waals surface area (Å²) in [6.45, 7) is 5.66. The number of amides is 2. The highest BCUT2D eigenvalue weighted by Gasteiger charge is 2.14. The Morgan fingerprint density at radius 2 is 1.91 bits per heavy atom. The van der Waals surface area contributed by atoms with Crippen molar-refractivity contribution in [3.63, 3.8) is 0 Å². The van der Waals surface area contributed by atoms with Crippen LogP contribution in [0.5, 0.6) is 11.5 Å². The minimum absolute atomic E-state index is 0.124. The van der Waals surface area contributed by atoms with E-state index in [0.717, 1.165) is 0 Å². The van der Waals surface area contributed by atoms with Crippen LogP contribution in [0.15, 0.2) is 36.9 Å². The average Bonchev–Trinajstić information content (AvgIpc) is 2.51. The molecule has 0 radical (unpaired) electrons. The highest BCUT2D eigenvalue weighted by molar-refractivity contribution is 5.80. The normalized spacial score (nSPS) is 11.1. The molecule has 0 aliphatic rings. The van der Waals surface area contributed by atoms with E-state index in [0.29, 0.717) is 5.75 Å². The molecule has 0 saturated heterocycles. The summed E-state index contributed by atoms with van der Waals surface area (Å²) in [5.74, 6) is 0.291. The Bertz CT molecular complexity index is 501. The van der Waals surface area contributed by atoms with Gasteiger partial charge in [0.2, 0.25) is 0 Å². The molecule has 0 heterocycles. The fourth-order valence-corrected chi connectivity index (χ4v) is 1.46. The first-order valence-electron chi connectivity index (χ1n) is 6.78. The molecule has 120 valence electrons. The molecule has 1 rings (SSSR count). The van der Waals surface area contributed by atoms with Crippen LogP contribution in [0.1, 0.15) is 6.92 Å². The fraction of sp³-hybridized carbons (Fsp3) is 0.333. The monoisotopic (exact) mass is 308 g/mol. The standard InChI is InChI=1S/C15H20N2O5/c1-3-10-21-15(20)17-9-8-16-14(19)11(2)22-13-6-4-12(18)5-7-13/h3-7,11,18H,1,8-10H2,2H3,(H,16,19)(H,17,20). The molecule has 22 heavy (non-hydrogen) atoms. The Hall–Kier alpha value is -2.70. The summed E-state index contributed by atoms with van der Waals surface area (Å²) in [7, 11) is 0. The molecule has 1 aromatic rings. The molecule has 7 nitrogen and oxygen atoms in total. The molecule has 0 aliphatic carbocycles. The van der Waals surface area contributed by atoms with Gasteiger partial charge in [-0.2, -0.15) is 0 Å². The van der Waals surface area contributed by atoms with Gasteiger partial charge in [0.15, 0.2) is 6.10 Å². The van der Waals surface area contributed by atoms with Gasteiger partial charge in [0.05, 0.1) is 0 Å². The van der Waals surface area contributed by atoms with Crippen LogP contribution in [0.3, 0.4) is 0 Å². The third-order valence-corrected chi connectivity index (χ3v) is 2.54. The number of carbonyl (C=O) groups is 2. The fourth-order valence-electron chi connectivity index (χ4n) is 1.46. The van der Waals surface area contributed by atoms with E-state index in [-0.39, 0.29) is 31.4 Å². The molecule has 0 spiro atoms. The molecule has 0 aliphatic heterocycles. The van der Waals surface area contributed by atoms with Crippen molar-refractivity contribution in [2.24, 2.45) is 0 Å². The number of ether oxygens (including phenoxy) is 2. The van der Waals surface area contributed by atoms with Crippen molar-refractivity contribution in [1.82, 2.24) is 10.6 Å². The number of benzene rings is 1. The van der Waals surface area contributed by atoms with E-state index in [2.05, 4.69) is 17.2 Å². The molecule has 1 unspecified atom stereocenters. The Balaban J connectivity index is 2.22. The van der Waals surface area contributed by atoms with Crippen LogP contribution < -0.4 is 15.4 Å². The van der Waals surface area contributed by atoms with E-state index in [9.17, 15) is 9.59 Å². The number of phenolic OH excluding ortho intramolecular Hbond substituents is 1. The summed E-state index contributed by atoms with van der Waals surface area (Å²) < 4.78 is 10.1. The summed E-state index contributed by atoms with van der Waals surface area (Å²) >= 11 is 0. The molecule has 7 heteroatoms. The van der Waals surface area contributed by atoms with E-state index in [1.807, 2.05) is 0 Å². The first-order valence-corrected chi connectivity index (χ1v) is 6.78. The molecule has 1 aromatic carbocycles. The van der Waals surface area contributed by atoms with Gasteiger partial charge in [0.25, 0.3) is 5.91 Å². The minimum Gasteiger partial charge on any atom is -0.508 e. The molecule has 3 N–H and O–H groups in total. The molecular formula is C15H20N2O5. The quantitative estimate of drug-likeness (QED) is 0.495. The zero-order chi connectivity index (χ0) is 16.4. The lowest BCUT2D eigenvalue weighted by Gasteiger charge is -2.14. The number of phenols is 1. The predicted octanol–water partition coefficient (Wildman–Crippen LogP) is 1.19. The maximum Gasteiger partial charge on any atom is 0.407 e. The summed E-state index contributed by atoms with van der Waals surface area (Å²) in [4.78, 5) is 22.9. The number of nitrogens with one attached hydrogen (secondary N) is 2. The highest BCUT2D eigenvalue weighted by Crippen LogP contribution is 2.17. The zero-order valence-electron chi connectivity index (χ0n) is 12.4. The highest BCUT2D eigenvalue weighted by atomic mass is 16.5. The van der Waals surface area contributed by atoms with Gasteiger partial charge >= 0.3 is 6.09 Å². The SMILES string of the molecule is C=CCOC(=O)NCCNC(=O)C(C)Oc1ccc(O)cc1. The van der Waals surface area contributed by atoms with E-state index >= 15 is 0 Å². The van der Waals surface area contributed by atoms with E-state index < -0.39 is 12.2 Å². The molecule has 0 bridgehead atoms. The molecule has 0 aromatic heterocycles. The maximum absolute atomic E-state index is 11.8. The lowest BCUT2D eigenvalue weighted by molar-refractivity contribution is -0.127. The van der Waals surface area contributed by atoms with Gasteiger partial charge in [0, 0.05) is 13.1 Å². The lowest BCUT2D eigenvalue weighted by atomic mass is 10.3. The maximum atomic E-state index is 11.8. The number of aromatic hydroxyl groups is 1. The minimum atomic E-state index is -0.697. The third-order valence-electron chi connectivity index (χ3n) is 2.54. The second-order valence-corrected chi connectivity index (χ2v) is 4.36. The van der Waals surface area contributed by atoms with Gasteiger partial charge in [0.1, 0.15) is 18.1 Å². The average molecular weight is 308 g/mol. The van der Waals surface area contributed by atoms with Gasteiger partial charge in [-0.1, -0.05) is 12.7 Å². The Morgan fingerprint density at radius 3 is 2.55 bits per heavy atom. The largest absolute Gasteiger partial charge is 0.508 e. The van der Waals surface area contributed by atoms with Gasteiger partial charge < -0.3 is 25.2 Å². The zero-order valence-corrected chi connectivity index (χ0v) is 12.4. The van der Waals surface area contributed by atoms with Crippen molar-refractivity contribution in [2.75, 3.05) is 19.7 Å². The van der Waals surface area contributed by atoms with Crippen molar-refractivity contribution in [3.05, 3.63) is 36.9 Å². The van der Waals surface area contributed by atoms with E-state index in [4.69, 9.17) is 14.6 Å². The van der Waals surface area contributed by atoms with Gasteiger partial charge in [-0.15, -0.1) is 0 Å². The van der Waals surface area contributed by atoms with Crippen molar-refractivity contribution in [1.29, 1.82) is 0 Å². The van der Waals surface area contributed by atoms with Crippen LogP contribution in [0.4, 0.5) is 4.79 Å². The van der Waals surface area contributed by atoms with E-state index in [1.165, 1.54) is 18.2 Å². The van der Waals surface area contributed by atoms with Crippen molar-refractivity contribution in [3.8, 4) is 11.5 Å². The van der Waals surface area contributed by atoms with Crippen molar-refractivity contribution in [2.45, 2.75) is 13.0 Å². The summed E-state index contributed by atoms with van der Waals surface area (Å²) in [6.07, 6.45) is 0.198. The van der Waals surface area contributed by atoms with Crippen LogP contribution >= 0.6 is 0 Å². The predicted molar refractivity (Wildman–Crippen MR) is 80.8 cm³/mol. The van der Waals surface area contributed by atoms with Crippen molar-refractivity contribution < 1.29 is 24.2 Å². The number of carbonyl (C=O) groups excluding carboxylic acids is 2. The molecule has 2 amide bonds. The summed E-state index contributed by atoms with van der Waals surface area (Å²) in [6, 6.07) is 6.07. The van der Waals surface area contributed by atoms with Crippen LogP contribution in [0, 0.1) is 0 Å². The number of hydrogen-bond acceptors (Lipinski definition) is 5. The van der Waals surface area contributed by atoms with Crippen molar-refractivity contribution >= 4 is 12.0 Å². The lowest BCUT2D eigenvalue weighted by Crippen LogP contribution is -2.40. The number of rotatable bonds is 8. The summed E-state index contributed by atoms with van der Waals surface area (Å²) in [5.41, 5.74) is 0. The second kappa shape index (κ2) is 9.28. The molecule has 1 atom stereocenters. The number of hydrogen-bond donors (Lipinski definition) is 3. The molecule has 0 fully saturated rings. The Kier molecular flexibility index (Phi) is 7.32. The smallest absolute Gasteiger partial charge is 0.407 e. The van der Waals surface area contributed by atoms with Crippen LogP contribution in [-0.4, -0.2) is 42.9 Å². The van der Waals surface area contributed by atoms with Gasteiger partial charge in [-0.25, -0.2) is 4.79 Å². The first-order chi connectivity index (χ1) is 10.5. The Morgan fingerprint density at radius 1 is 1.27 bits per heavy atom. The van der Waals surface area contributed by atoms with E-state index in [1.54, 1.807) is 19.1 Å². The van der Waals surface area contributed by atoms with Gasteiger partial charge in [-0.05, 0) is 31.2 Å². The third kappa shape index (κ3) is 6.65. The topological polar surface area (TPSA) is 96.9 Å². The number of alkyl carbamates (subject to hydrolysis) is 1. The molecular weight excluding hydrogens is 288 g/mol. The molecule has 0 saturated carbocycles. The summed E-state index contributed by atoms with van der Waals surface area (Å²) in [5, 5.41) is 14.3. The van der Waals surface area contributed by atoms with Crippen LogP contribution in [0.25, 0.3) is 0 Å².